The van der Waals surface area contributed by atoms with Crippen molar-refractivity contribution in [2.75, 3.05) is 19.7 Å². The number of hydrogen-bond acceptors (Lipinski definition) is 6. The Kier molecular flexibility index (Phi) is 6.21. The van der Waals surface area contributed by atoms with Gasteiger partial charge in [-0.15, -0.1) is 0 Å². The van der Waals surface area contributed by atoms with Crippen LogP contribution in [0.2, 0.25) is 0 Å². The van der Waals surface area contributed by atoms with Crippen molar-refractivity contribution < 1.29 is 29.0 Å². The number of amides is 1. The predicted octanol–water partition coefficient (Wildman–Crippen LogP) is 2.26. The second-order valence-corrected chi connectivity index (χ2v) is 7.00. The van der Waals surface area contributed by atoms with Crippen molar-refractivity contribution in [3.8, 4) is 11.5 Å². The van der Waals surface area contributed by atoms with Gasteiger partial charge in [-0.1, -0.05) is 12.1 Å². The molecule has 8 heteroatoms. The van der Waals surface area contributed by atoms with E-state index in [1.807, 2.05) is 0 Å². The second kappa shape index (κ2) is 8.81. The number of hydrogen-bond donors (Lipinski definition) is 2. The summed E-state index contributed by atoms with van der Waals surface area (Å²) in [5.41, 5.74) is -0.301. The number of rotatable bonds is 8. The molecule has 1 amide bonds. The highest BCUT2D eigenvalue weighted by Gasteiger charge is 2.25. The molecule has 2 heterocycles. The summed E-state index contributed by atoms with van der Waals surface area (Å²) in [5, 5.41) is 19.5. The van der Waals surface area contributed by atoms with E-state index in [0.717, 1.165) is 13.0 Å². The molecule has 8 nitrogen and oxygen atoms in total. The fourth-order valence-electron chi connectivity index (χ4n) is 3.50. The van der Waals surface area contributed by atoms with Crippen LogP contribution in [0, 0.1) is 6.92 Å². The van der Waals surface area contributed by atoms with Crippen LogP contribution in [0.5, 0.6) is 11.5 Å². The zero-order valence-electron chi connectivity index (χ0n) is 16.1. The van der Waals surface area contributed by atoms with Crippen molar-refractivity contribution in [1.82, 2.24) is 4.90 Å². The van der Waals surface area contributed by atoms with Crippen LogP contribution in [0.25, 0.3) is 0 Å². The minimum absolute atomic E-state index is 0.0841. The van der Waals surface area contributed by atoms with E-state index in [0.29, 0.717) is 30.9 Å². The number of benzene rings is 1. The molecule has 1 fully saturated rings. The van der Waals surface area contributed by atoms with Gasteiger partial charge in [0.15, 0.2) is 0 Å². The SMILES string of the molecule is Cc1cc(O)c([C@@H](CC(=O)O)c2ccc(OCCN3CCCC3=O)cc2)c(=O)o1. The molecule has 2 N–H and O–H groups in total. The topological polar surface area (TPSA) is 117 Å². The maximum atomic E-state index is 12.2. The van der Waals surface area contributed by atoms with Crippen LogP contribution >= 0.6 is 0 Å². The summed E-state index contributed by atoms with van der Waals surface area (Å²) in [5.74, 6) is -1.32. The van der Waals surface area contributed by atoms with Gasteiger partial charge in [0, 0.05) is 24.9 Å². The summed E-state index contributed by atoms with van der Waals surface area (Å²) >= 11 is 0. The number of carbonyl (C=O) groups is 2. The number of ether oxygens (including phenoxy) is 1. The van der Waals surface area contributed by atoms with Gasteiger partial charge in [0.1, 0.15) is 23.9 Å². The van der Waals surface area contributed by atoms with Gasteiger partial charge >= 0.3 is 11.6 Å². The first kappa shape index (κ1) is 20.4. The highest BCUT2D eigenvalue weighted by atomic mass is 16.5. The fourth-order valence-corrected chi connectivity index (χ4v) is 3.50. The number of carbonyl (C=O) groups excluding carboxylic acids is 1. The van der Waals surface area contributed by atoms with Crippen molar-refractivity contribution >= 4 is 11.9 Å². The van der Waals surface area contributed by atoms with E-state index in [1.54, 1.807) is 29.2 Å². The molecule has 154 valence electrons. The van der Waals surface area contributed by atoms with E-state index in [-0.39, 0.29) is 29.4 Å². The molecule has 0 unspecified atom stereocenters. The summed E-state index contributed by atoms with van der Waals surface area (Å²) in [4.78, 5) is 36.9. The number of carboxylic acids is 1. The van der Waals surface area contributed by atoms with Crippen molar-refractivity contribution in [2.45, 2.75) is 32.1 Å². The minimum Gasteiger partial charge on any atom is -0.507 e. The van der Waals surface area contributed by atoms with Gasteiger partial charge in [-0.2, -0.15) is 0 Å². The van der Waals surface area contributed by atoms with Crippen molar-refractivity contribution in [1.29, 1.82) is 0 Å². The number of aromatic hydroxyl groups is 1. The van der Waals surface area contributed by atoms with Gasteiger partial charge in [-0.3, -0.25) is 9.59 Å². The molecule has 3 rings (SSSR count). The zero-order chi connectivity index (χ0) is 21.0. The molecule has 0 aliphatic carbocycles. The van der Waals surface area contributed by atoms with Gasteiger partial charge in [0.25, 0.3) is 0 Å². The number of aliphatic carboxylic acids is 1. The van der Waals surface area contributed by atoms with Crippen molar-refractivity contribution in [2.24, 2.45) is 0 Å². The van der Waals surface area contributed by atoms with Crippen LogP contribution in [0.4, 0.5) is 0 Å². The number of carboxylic acid groups (broad SMARTS) is 1. The molecular weight excluding hydrogens is 378 g/mol. The van der Waals surface area contributed by atoms with Gasteiger partial charge in [-0.05, 0) is 31.0 Å². The lowest BCUT2D eigenvalue weighted by Gasteiger charge is -2.18. The van der Waals surface area contributed by atoms with E-state index in [9.17, 15) is 24.6 Å². The molecule has 1 aromatic carbocycles. The highest BCUT2D eigenvalue weighted by Crippen LogP contribution is 2.33. The van der Waals surface area contributed by atoms with Gasteiger partial charge in [-0.25, -0.2) is 4.79 Å². The normalized spacial score (nSPS) is 14.8. The van der Waals surface area contributed by atoms with E-state index in [4.69, 9.17) is 9.15 Å². The Balaban J connectivity index is 1.75. The van der Waals surface area contributed by atoms with E-state index in [1.165, 1.54) is 13.0 Å². The van der Waals surface area contributed by atoms with E-state index >= 15 is 0 Å². The fraction of sp³-hybridized carbons (Fsp3) is 0.381. The molecule has 1 saturated heterocycles. The first-order chi connectivity index (χ1) is 13.8. The third kappa shape index (κ3) is 4.96. The second-order valence-electron chi connectivity index (χ2n) is 7.00. The molecule has 1 aliphatic heterocycles. The van der Waals surface area contributed by atoms with Gasteiger partial charge in [0.05, 0.1) is 18.5 Å². The Morgan fingerprint density at radius 2 is 2.00 bits per heavy atom. The molecule has 0 saturated carbocycles. The lowest BCUT2D eigenvalue weighted by atomic mass is 9.89. The van der Waals surface area contributed by atoms with Crippen LogP contribution in [0.15, 0.2) is 39.5 Å². The van der Waals surface area contributed by atoms with Crippen LogP contribution in [0.1, 0.15) is 42.1 Å². The Labute approximate surface area is 167 Å². The molecule has 2 aromatic rings. The molecule has 0 bridgehead atoms. The van der Waals surface area contributed by atoms with Crippen molar-refractivity contribution in [3.05, 3.63) is 57.6 Å². The summed E-state index contributed by atoms with van der Waals surface area (Å²) < 4.78 is 10.7. The Morgan fingerprint density at radius 3 is 2.59 bits per heavy atom. The number of aryl methyl sites for hydroxylation is 1. The summed E-state index contributed by atoms with van der Waals surface area (Å²) in [6.07, 6.45) is 1.08. The third-order valence-corrected chi connectivity index (χ3v) is 4.90. The standard InChI is InChI=1S/C21H23NO7/c1-13-11-17(23)20(21(27)29-13)16(12-19(25)26)14-4-6-15(7-5-14)28-10-9-22-8-2-3-18(22)24/h4-7,11,16,23H,2-3,8-10,12H2,1H3,(H,25,26)/t16-/m0/s1. The highest BCUT2D eigenvalue weighted by molar-refractivity contribution is 5.78. The maximum Gasteiger partial charge on any atom is 0.343 e. The molecule has 1 aromatic heterocycles. The molecule has 29 heavy (non-hydrogen) atoms. The van der Waals surface area contributed by atoms with Crippen LogP contribution in [-0.2, 0) is 9.59 Å². The van der Waals surface area contributed by atoms with Crippen LogP contribution < -0.4 is 10.4 Å². The lowest BCUT2D eigenvalue weighted by molar-refractivity contribution is -0.137. The summed E-state index contributed by atoms with van der Waals surface area (Å²) in [7, 11) is 0. The quantitative estimate of drug-likeness (QED) is 0.697. The monoisotopic (exact) mass is 401 g/mol. The average Bonchev–Trinajstić information content (AvgIpc) is 3.05. The lowest BCUT2D eigenvalue weighted by Crippen LogP contribution is -2.29. The van der Waals surface area contributed by atoms with E-state index < -0.39 is 17.5 Å². The van der Waals surface area contributed by atoms with Gasteiger partial charge in [0.2, 0.25) is 5.91 Å². The molecule has 0 spiro atoms. The maximum absolute atomic E-state index is 12.2. The smallest absolute Gasteiger partial charge is 0.343 e. The Hall–Kier alpha value is -3.29. The first-order valence-electron chi connectivity index (χ1n) is 9.41. The predicted molar refractivity (Wildman–Crippen MR) is 103 cm³/mol. The minimum atomic E-state index is -1.11. The van der Waals surface area contributed by atoms with Gasteiger partial charge < -0.3 is 24.3 Å². The number of nitrogens with zero attached hydrogens (tertiary/aromatic N) is 1. The molecular formula is C21H23NO7. The number of likely N-dealkylation sites (tertiary alicyclic amines) is 1. The largest absolute Gasteiger partial charge is 0.507 e. The Bertz CT molecular complexity index is 948. The molecule has 0 radical (unpaired) electrons. The molecule has 1 atom stereocenters. The first-order valence-corrected chi connectivity index (χ1v) is 9.41. The summed E-state index contributed by atoms with van der Waals surface area (Å²) in [6, 6.07) is 7.94. The van der Waals surface area contributed by atoms with E-state index in [2.05, 4.69) is 0 Å². The van der Waals surface area contributed by atoms with Crippen LogP contribution in [0.3, 0.4) is 0 Å². The van der Waals surface area contributed by atoms with Crippen LogP contribution in [-0.4, -0.2) is 46.7 Å². The zero-order valence-corrected chi connectivity index (χ0v) is 16.1. The molecule has 1 aliphatic rings. The Morgan fingerprint density at radius 1 is 1.28 bits per heavy atom. The van der Waals surface area contributed by atoms with Crippen molar-refractivity contribution in [3.63, 3.8) is 0 Å². The third-order valence-electron chi connectivity index (χ3n) is 4.90. The average molecular weight is 401 g/mol. The summed E-state index contributed by atoms with van der Waals surface area (Å²) in [6.45, 7) is 3.14.